The Balaban J connectivity index is 3.18. The first kappa shape index (κ1) is 17.3. The van der Waals surface area contributed by atoms with E-state index in [1.807, 2.05) is 0 Å². The van der Waals surface area contributed by atoms with Crippen LogP contribution in [0.5, 0.6) is 0 Å². The van der Waals surface area contributed by atoms with E-state index >= 15 is 0 Å². The van der Waals surface area contributed by atoms with E-state index in [0.717, 1.165) is 19.4 Å². The van der Waals surface area contributed by atoms with Gasteiger partial charge in [-0.05, 0) is 37.0 Å². The molecule has 0 radical (unpaired) electrons. The van der Waals surface area contributed by atoms with E-state index in [1.54, 1.807) is 12.1 Å². The molecule has 0 heterocycles. The summed E-state index contributed by atoms with van der Waals surface area (Å²) in [7, 11) is 0. The highest BCUT2D eigenvalue weighted by Crippen LogP contribution is 2.26. The topological polar surface area (TPSA) is 61.8 Å². The number of oxime groups is 1. The van der Waals surface area contributed by atoms with Crippen molar-refractivity contribution in [2.45, 2.75) is 46.6 Å². The van der Waals surface area contributed by atoms with Crippen molar-refractivity contribution in [1.82, 2.24) is 0 Å². The van der Waals surface area contributed by atoms with Gasteiger partial charge in [0.25, 0.3) is 0 Å². The highest BCUT2D eigenvalue weighted by molar-refractivity contribution is 5.97. The first-order valence-electron chi connectivity index (χ1n) is 7.48. The van der Waals surface area contributed by atoms with Gasteiger partial charge in [0.1, 0.15) is 5.82 Å². The molecule has 0 atom stereocenters. The number of hydrogen-bond donors (Lipinski definition) is 2. The van der Waals surface area contributed by atoms with Gasteiger partial charge in [0.05, 0.1) is 5.69 Å². The number of nitrogens with zero attached hydrogens (tertiary/aromatic N) is 2. The van der Waals surface area contributed by atoms with E-state index in [9.17, 15) is 4.39 Å². The minimum Gasteiger partial charge on any atom is -0.409 e. The molecule has 118 valence electrons. The summed E-state index contributed by atoms with van der Waals surface area (Å²) in [5, 5.41) is 11.6. The van der Waals surface area contributed by atoms with Gasteiger partial charge >= 0.3 is 0 Å². The van der Waals surface area contributed by atoms with Crippen LogP contribution in [0.25, 0.3) is 0 Å². The Morgan fingerprint density at radius 1 is 1.33 bits per heavy atom. The van der Waals surface area contributed by atoms with Gasteiger partial charge in [-0.1, -0.05) is 32.9 Å². The Hall–Kier alpha value is -1.78. The molecule has 0 saturated carbocycles. The van der Waals surface area contributed by atoms with E-state index in [4.69, 9.17) is 10.9 Å². The molecule has 0 spiro atoms. The zero-order valence-electron chi connectivity index (χ0n) is 13.3. The SMILES string of the molecule is CCC(CC)N(CC(C)C)c1ccc(C(N)=NO)cc1F. The van der Waals surface area contributed by atoms with Crippen LogP contribution < -0.4 is 10.6 Å². The van der Waals surface area contributed by atoms with Gasteiger partial charge in [-0.3, -0.25) is 0 Å². The lowest BCUT2D eigenvalue weighted by Crippen LogP contribution is -2.38. The van der Waals surface area contributed by atoms with Crippen molar-refractivity contribution in [2.24, 2.45) is 16.8 Å². The quantitative estimate of drug-likeness (QED) is 0.350. The van der Waals surface area contributed by atoms with Gasteiger partial charge in [0.15, 0.2) is 5.84 Å². The van der Waals surface area contributed by atoms with Gasteiger partial charge in [0, 0.05) is 18.2 Å². The molecular weight excluding hydrogens is 269 g/mol. The molecule has 0 aliphatic carbocycles. The fourth-order valence-electron chi connectivity index (χ4n) is 2.52. The van der Waals surface area contributed by atoms with E-state index in [0.29, 0.717) is 23.2 Å². The number of anilines is 1. The molecule has 0 aromatic heterocycles. The largest absolute Gasteiger partial charge is 0.409 e. The second-order valence-electron chi connectivity index (χ2n) is 5.67. The lowest BCUT2D eigenvalue weighted by atomic mass is 10.0. The average Bonchev–Trinajstić information content (AvgIpc) is 2.46. The predicted octanol–water partition coefficient (Wildman–Crippen LogP) is 3.57. The summed E-state index contributed by atoms with van der Waals surface area (Å²) in [5.41, 5.74) is 6.46. The minimum absolute atomic E-state index is 0.0848. The number of amidine groups is 1. The highest BCUT2D eigenvalue weighted by Gasteiger charge is 2.20. The smallest absolute Gasteiger partial charge is 0.170 e. The molecular formula is C16H26FN3O. The predicted molar refractivity (Wildman–Crippen MR) is 85.5 cm³/mol. The third-order valence-electron chi connectivity index (χ3n) is 3.61. The van der Waals surface area contributed by atoms with E-state index < -0.39 is 0 Å². The van der Waals surface area contributed by atoms with Crippen molar-refractivity contribution in [3.05, 3.63) is 29.6 Å². The minimum atomic E-state index is -0.341. The number of rotatable bonds is 7. The van der Waals surface area contributed by atoms with Crippen LogP contribution in [0.1, 0.15) is 46.1 Å². The van der Waals surface area contributed by atoms with E-state index in [1.165, 1.54) is 6.07 Å². The second-order valence-corrected chi connectivity index (χ2v) is 5.67. The van der Waals surface area contributed by atoms with E-state index in [2.05, 4.69) is 37.8 Å². The Morgan fingerprint density at radius 3 is 2.38 bits per heavy atom. The summed E-state index contributed by atoms with van der Waals surface area (Å²) in [6.07, 6.45) is 1.93. The molecule has 0 saturated heterocycles. The number of hydrogen-bond acceptors (Lipinski definition) is 3. The number of benzene rings is 1. The molecule has 0 amide bonds. The molecule has 4 nitrogen and oxygen atoms in total. The van der Waals surface area contributed by atoms with Crippen LogP contribution in [-0.2, 0) is 0 Å². The molecule has 5 heteroatoms. The number of halogens is 1. The summed E-state index contributed by atoms with van der Waals surface area (Å²) < 4.78 is 14.4. The van der Waals surface area contributed by atoms with Gasteiger partial charge in [-0.25, -0.2) is 4.39 Å². The lowest BCUT2D eigenvalue weighted by Gasteiger charge is -2.34. The molecule has 0 bridgehead atoms. The van der Waals surface area contributed by atoms with Crippen molar-refractivity contribution >= 4 is 11.5 Å². The Bertz CT molecular complexity index is 484. The normalized spacial score (nSPS) is 12.2. The summed E-state index contributed by atoms with van der Waals surface area (Å²) >= 11 is 0. The third kappa shape index (κ3) is 4.34. The number of nitrogens with two attached hydrogens (primary N) is 1. The molecule has 0 aliphatic heterocycles. The van der Waals surface area contributed by atoms with Crippen molar-refractivity contribution in [2.75, 3.05) is 11.4 Å². The zero-order valence-corrected chi connectivity index (χ0v) is 13.3. The Morgan fingerprint density at radius 2 is 1.95 bits per heavy atom. The monoisotopic (exact) mass is 295 g/mol. The zero-order chi connectivity index (χ0) is 16.0. The maximum atomic E-state index is 14.4. The maximum Gasteiger partial charge on any atom is 0.170 e. The summed E-state index contributed by atoms with van der Waals surface area (Å²) in [6.45, 7) is 9.27. The van der Waals surface area contributed by atoms with Gasteiger partial charge in [0.2, 0.25) is 0 Å². The van der Waals surface area contributed by atoms with Crippen molar-refractivity contribution < 1.29 is 9.60 Å². The first-order valence-corrected chi connectivity index (χ1v) is 7.48. The summed E-state index contributed by atoms with van der Waals surface area (Å²) in [6, 6.07) is 5.02. The van der Waals surface area contributed by atoms with Crippen LogP contribution in [0.15, 0.2) is 23.4 Å². The molecule has 21 heavy (non-hydrogen) atoms. The first-order chi connectivity index (χ1) is 9.94. The molecule has 0 unspecified atom stereocenters. The highest BCUT2D eigenvalue weighted by atomic mass is 19.1. The third-order valence-corrected chi connectivity index (χ3v) is 3.61. The molecule has 0 aliphatic rings. The van der Waals surface area contributed by atoms with Crippen LogP contribution in [0.3, 0.4) is 0 Å². The van der Waals surface area contributed by atoms with Crippen LogP contribution in [-0.4, -0.2) is 23.6 Å². The maximum absolute atomic E-state index is 14.4. The van der Waals surface area contributed by atoms with Crippen molar-refractivity contribution in [3.63, 3.8) is 0 Å². The molecule has 1 rings (SSSR count). The van der Waals surface area contributed by atoms with Crippen LogP contribution in [0.4, 0.5) is 10.1 Å². The Kier molecular flexibility index (Phi) is 6.46. The van der Waals surface area contributed by atoms with Crippen molar-refractivity contribution in [3.8, 4) is 0 Å². The molecule has 1 aromatic rings. The molecule has 1 aromatic carbocycles. The average molecular weight is 295 g/mol. The van der Waals surface area contributed by atoms with Crippen LogP contribution in [0.2, 0.25) is 0 Å². The van der Waals surface area contributed by atoms with Crippen LogP contribution >= 0.6 is 0 Å². The summed E-state index contributed by atoms with van der Waals surface area (Å²) in [4.78, 5) is 2.12. The van der Waals surface area contributed by atoms with E-state index in [-0.39, 0.29) is 11.7 Å². The van der Waals surface area contributed by atoms with Crippen LogP contribution in [0, 0.1) is 11.7 Å². The van der Waals surface area contributed by atoms with Crippen molar-refractivity contribution in [1.29, 1.82) is 0 Å². The fraction of sp³-hybridized carbons (Fsp3) is 0.562. The Labute approximate surface area is 126 Å². The van der Waals surface area contributed by atoms with Gasteiger partial charge < -0.3 is 15.8 Å². The molecule has 3 N–H and O–H groups in total. The fourth-order valence-corrected chi connectivity index (χ4v) is 2.52. The standard InChI is InChI=1S/C16H26FN3O/c1-5-13(6-2)20(10-11(3)4)15-8-7-12(9-14(15)17)16(18)19-21/h7-9,11,13,21H,5-6,10H2,1-4H3,(H2,18,19). The molecule has 0 fully saturated rings. The summed E-state index contributed by atoms with van der Waals surface area (Å²) in [5.74, 6) is 0.0128. The lowest BCUT2D eigenvalue weighted by molar-refractivity contribution is 0.318. The van der Waals surface area contributed by atoms with Gasteiger partial charge in [-0.2, -0.15) is 0 Å². The van der Waals surface area contributed by atoms with Gasteiger partial charge in [-0.15, -0.1) is 0 Å². The second kappa shape index (κ2) is 7.86.